The second kappa shape index (κ2) is 6.00. The van der Waals surface area contributed by atoms with Crippen LogP contribution in [0, 0.1) is 0 Å². The quantitative estimate of drug-likeness (QED) is 0.772. The number of aromatic nitrogens is 1. The van der Waals surface area contributed by atoms with E-state index in [9.17, 15) is 4.79 Å². The van der Waals surface area contributed by atoms with Gasteiger partial charge in [0.15, 0.2) is 17.8 Å². The SMILES string of the molecule is COc1cccc(C=O)c1OC(C)c1ccncc1. The Hall–Kier alpha value is -2.36. The average molecular weight is 257 g/mol. The summed E-state index contributed by atoms with van der Waals surface area (Å²) in [5.74, 6) is 1.01. The number of nitrogens with zero attached hydrogens (tertiary/aromatic N) is 1. The lowest BCUT2D eigenvalue weighted by atomic mass is 10.1. The van der Waals surface area contributed by atoms with Crippen LogP contribution in [0.25, 0.3) is 0 Å². The van der Waals surface area contributed by atoms with Crippen LogP contribution in [0.4, 0.5) is 0 Å². The number of methoxy groups -OCH3 is 1. The summed E-state index contributed by atoms with van der Waals surface area (Å²) in [6.45, 7) is 1.91. The molecule has 2 rings (SSSR count). The molecule has 0 saturated heterocycles. The van der Waals surface area contributed by atoms with Gasteiger partial charge in [-0.3, -0.25) is 9.78 Å². The van der Waals surface area contributed by atoms with E-state index in [2.05, 4.69) is 4.98 Å². The summed E-state index contributed by atoms with van der Waals surface area (Å²) < 4.78 is 11.1. The van der Waals surface area contributed by atoms with Crippen molar-refractivity contribution < 1.29 is 14.3 Å². The number of carbonyl (C=O) groups excluding carboxylic acids is 1. The Bertz CT molecular complexity index is 555. The van der Waals surface area contributed by atoms with Crippen LogP contribution in [-0.2, 0) is 0 Å². The number of hydrogen-bond donors (Lipinski definition) is 0. The molecule has 0 aliphatic heterocycles. The maximum absolute atomic E-state index is 11.1. The van der Waals surface area contributed by atoms with E-state index in [1.807, 2.05) is 19.1 Å². The fraction of sp³-hybridized carbons (Fsp3) is 0.200. The van der Waals surface area contributed by atoms with Crippen molar-refractivity contribution in [3.05, 3.63) is 53.9 Å². The van der Waals surface area contributed by atoms with Crippen molar-refractivity contribution in [2.45, 2.75) is 13.0 Å². The standard InChI is InChI=1S/C15H15NO3/c1-11(12-6-8-16-9-7-12)19-15-13(10-17)4-3-5-14(15)18-2/h3-11H,1-2H3. The molecule has 19 heavy (non-hydrogen) atoms. The Labute approximate surface area is 112 Å². The van der Waals surface area contributed by atoms with Crippen molar-refractivity contribution >= 4 is 6.29 Å². The maximum atomic E-state index is 11.1. The lowest BCUT2D eigenvalue weighted by Crippen LogP contribution is -2.06. The molecule has 0 fully saturated rings. The highest BCUT2D eigenvalue weighted by Crippen LogP contribution is 2.33. The first kappa shape index (κ1) is 13.1. The number of para-hydroxylation sites is 1. The minimum atomic E-state index is -0.196. The lowest BCUT2D eigenvalue weighted by molar-refractivity contribution is 0.111. The van der Waals surface area contributed by atoms with E-state index in [-0.39, 0.29) is 6.10 Å². The molecule has 0 saturated carbocycles. The van der Waals surface area contributed by atoms with E-state index >= 15 is 0 Å². The molecule has 0 spiro atoms. The first-order valence-electron chi connectivity index (χ1n) is 5.95. The van der Waals surface area contributed by atoms with Gasteiger partial charge in [-0.1, -0.05) is 6.07 Å². The van der Waals surface area contributed by atoms with Crippen LogP contribution in [-0.4, -0.2) is 18.4 Å². The fourth-order valence-corrected chi connectivity index (χ4v) is 1.79. The predicted molar refractivity (Wildman–Crippen MR) is 71.7 cm³/mol. The van der Waals surface area contributed by atoms with Gasteiger partial charge < -0.3 is 9.47 Å². The monoisotopic (exact) mass is 257 g/mol. The number of ether oxygens (including phenoxy) is 2. The smallest absolute Gasteiger partial charge is 0.172 e. The normalized spacial score (nSPS) is 11.7. The molecule has 1 aromatic heterocycles. The van der Waals surface area contributed by atoms with Crippen LogP contribution in [0.5, 0.6) is 11.5 Å². The predicted octanol–water partition coefficient (Wildman–Crippen LogP) is 3.04. The molecule has 1 unspecified atom stereocenters. The van der Waals surface area contributed by atoms with E-state index in [0.29, 0.717) is 17.1 Å². The number of aldehydes is 1. The Morgan fingerprint density at radius 2 is 1.95 bits per heavy atom. The zero-order valence-corrected chi connectivity index (χ0v) is 10.9. The van der Waals surface area contributed by atoms with Crippen molar-refractivity contribution in [1.82, 2.24) is 4.98 Å². The summed E-state index contributed by atoms with van der Waals surface area (Å²) in [6.07, 6.45) is 3.98. The second-order valence-corrected chi connectivity index (χ2v) is 4.04. The van der Waals surface area contributed by atoms with Crippen molar-refractivity contribution in [3.8, 4) is 11.5 Å². The minimum Gasteiger partial charge on any atom is -0.493 e. The summed E-state index contributed by atoms with van der Waals surface area (Å²) >= 11 is 0. The molecule has 0 amide bonds. The fourth-order valence-electron chi connectivity index (χ4n) is 1.79. The molecule has 1 aromatic carbocycles. The first-order valence-corrected chi connectivity index (χ1v) is 5.95. The second-order valence-electron chi connectivity index (χ2n) is 4.04. The minimum absolute atomic E-state index is 0.196. The summed E-state index contributed by atoms with van der Waals surface area (Å²) in [7, 11) is 1.55. The molecule has 4 heteroatoms. The van der Waals surface area contributed by atoms with Crippen molar-refractivity contribution in [2.24, 2.45) is 0 Å². The Balaban J connectivity index is 2.30. The molecule has 0 bridgehead atoms. The largest absolute Gasteiger partial charge is 0.493 e. The van der Waals surface area contributed by atoms with E-state index in [4.69, 9.17) is 9.47 Å². The number of pyridine rings is 1. The van der Waals surface area contributed by atoms with E-state index < -0.39 is 0 Å². The third-order valence-electron chi connectivity index (χ3n) is 2.83. The molecule has 0 N–H and O–H groups in total. The van der Waals surface area contributed by atoms with Gasteiger partial charge in [-0.15, -0.1) is 0 Å². The lowest BCUT2D eigenvalue weighted by Gasteiger charge is -2.18. The van der Waals surface area contributed by atoms with Crippen LogP contribution in [0.2, 0.25) is 0 Å². The zero-order chi connectivity index (χ0) is 13.7. The van der Waals surface area contributed by atoms with Gasteiger partial charge in [0, 0.05) is 12.4 Å². The topological polar surface area (TPSA) is 48.4 Å². The molecule has 0 radical (unpaired) electrons. The van der Waals surface area contributed by atoms with Crippen LogP contribution in [0.3, 0.4) is 0 Å². The Morgan fingerprint density at radius 3 is 2.58 bits per heavy atom. The summed E-state index contributed by atoms with van der Waals surface area (Å²) in [5, 5.41) is 0. The van der Waals surface area contributed by atoms with Gasteiger partial charge in [-0.2, -0.15) is 0 Å². The van der Waals surface area contributed by atoms with Gasteiger partial charge in [-0.05, 0) is 36.8 Å². The van der Waals surface area contributed by atoms with Crippen molar-refractivity contribution in [1.29, 1.82) is 0 Å². The van der Waals surface area contributed by atoms with Gasteiger partial charge >= 0.3 is 0 Å². The van der Waals surface area contributed by atoms with Crippen LogP contribution in [0.15, 0.2) is 42.7 Å². The number of carbonyl (C=O) groups is 1. The molecule has 1 atom stereocenters. The number of rotatable bonds is 5. The van der Waals surface area contributed by atoms with E-state index in [1.165, 1.54) is 0 Å². The van der Waals surface area contributed by atoms with Crippen molar-refractivity contribution in [3.63, 3.8) is 0 Å². The highest BCUT2D eigenvalue weighted by Gasteiger charge is 2.14. The maximum Gasteiger partial charge on any atom is 0.172 e. The van der Waals surface area contributed by atoms with Gasteiger partial charge in [0.05, 0.1) is 12.7 Å². The van der Waals surface area contributed by atoms with Gasteiger partial charge in [-0.25, -0.2) is 0 Å². The number of hydrogen-bond acceptors (Lipinski definition) is 4. The third kappa shape index (κ3) is 2.91. The molecule has 4 nitrogen and oxygen atoms in total. The van der Waals surface area contributed by atoms with E-state index in [1.54, 1.807) is 37.7 Å². The van der Waals surface area contributed by atoms with Crippen molar-refractivity contribution in [2.75, 3.05) is 7.11 Å². The third-order valence-corrected chi connectivity index (χ3v) is 2.83. The number of benzene rings is 1. The summed E-state index contributed by atoms with van der Waals surface area (Å²) in [5.41, 5.74) is 1.46. The van der Waals surface area contributed by atoms with Crippen LogP contribution in [0.1, 0.15) is 28.9 Å². The summed E-state index contributed by atoms with van der Waals surface area (Å²) in [6, 6.07) is 8.97. The highest BCUT2D eigenvalue weighted by molar-refractivity contribution is 5.81. The van der Waals surface area contributed by atoms with Gasteiger partial charge in [0.1, 0.15) is 6.10 Å². The molecule has 0 aliphatic rings. The van der Waals surface area contributed by atoms with Gasteiger partial charge in [0.2, 0.25) is 0 Å². The molecule has 98 valence electrons. The van der Waals surface area contributed by atoms with Crippen LogP contribution < -0.4 is 9.47 Å². The average Bonchev–Trinajstić information content (AvgIpc) is 2.48. The molecule has 0 aliphatic carbocycles. The van der Waals surface area contributed by atoms with E-state index in [0.717, 1.165) is 11.8 Å². The molecular weight excluding hydrogens is 242 g/mol. The molecule has 1 heterocycles. The molecule has 2 aromatic rings. The van der Waals surface area contributed by atoms with Crippen LogP contribution >= 0.6 is 0 Å². The summed E-state index contributed by atoms with van der Waals surface area (Å²) in [4.78, 5) is 15.0. The Morgan fingerprint density at radius 1 is 1.21 bits per heavy atom. The molecular formula is C15H15NO3. The first-order chi connectivity index (χ1) is 9.26. The highest BCUT2D eigenvalue weighted by atomic mass is 16.5. The zero-order valence-electron chi connectivity index (χ0n) is 10.9. The Kier molecular flexibility index (Phi) is 4.13. The van der Waals surface area contributed by atoms with Gasteiger partial charge in [0.25, 0.3) is 0 Å².